The number of aromatic amines is 1. The predicted octanol–water partition coefficient (Wildman–Crippen LogP) is 1.77. The first-order valence-electron chi connectivity index (χ1n) is 4.45. The molecule has 1 atom stereocenters. The van der Waals surface area contributed by atoms with Crippen LogP contribution >= 0.6 is 0 Å². The Kier molecular flexibility index (Phi) is 2.24. The van der Waals surface area contributed by atoms with Crippen molar-refractivity contribution in [2.24, 2.45) is 5.73 Å². The number of phenolic OH excluding ortho intramolecular Hbond substituents is 1. The molecule has 2 rings (SSSR count). The third kappa shape index (κ3) is 1.63. The molecule has 0 bridgehead atoms. The van der Waals surface area contributed by atoms with Crippen LogP contribution in [0.25, 0.3) is 0 Å². The van der Waals surface area contributed by atoms with Gasteiger partial charge < -0.3 is 15.8 Å². The van der Waals surface area contributed by atoms with Gasteiger partial charge in [-0.05, 0) is 29.8 Å². The fraction of sp³-hybridized carbons (Fsp3) is 0.0909. The highest BCUT2D eigenvalue weighted by Gasteiger charge is 2.08. The fourth-order valence-electron chi connectivity index (χ4n) is 1.40. The van der Waals surface area contributed by atoms with Gasteiger partial charge >= 0.3 is 0 Å². The lowest BCUT2D eigenvalue weighted by Crippen LogP contribution is -2.11. The minimum atomic E-state index is -0.161. The Hall–Kier alpha value is -1.74. The summed E-state index contributed by atoms with van der Waals surface area (Å²) in [6.07, 6.45) is 1.84. The van der Waals surface area contributed by atoms with Crippen molar-refractivity contribution in [3.63, 3.8) is 0 Å². The predicted molar refractivity (Wildman–Crippen MR) is 54.9 cm³/mol. The number of benzene rings is 1. The number of nitrogens with two attached hydrogens (primary N) is 1. The summed E-state index contributed by atoms with van der Waals surface area (Å²) in [5, 5.41) is 9.12. The Morgan fingerprint density at radius 2 is 1.86 bits per heavy atom. The molecule has 3 nitrogen and oxygen atoms in total. The highest BCUT2D eigenvalue weighted by atomic mass is 16.3. The number of hydrogen-bond acceptors (Lipinski definition) is 2. The topological polar surface area (TPSA) is 62.0 Å². The maximum Gasteiger partial charge on any atom is 0.115 e. The molecule has 0 radical (unpaired) electrons. The van der Waals surface area contributed by atoms with Gasteiger partial charge in [-0.1, -0.05) is 12.1 Å². The summed E-state index contributed by atoms with van der Waals surface area (Å²) in [5.74, 6) is 0.257. The Bertz CT molecular complexity index is 392. The van der Waals surface area contributed by atoms with E-state index < -0.39 is 0 Å². The van der Waals surface area contributed by atoms with Crippen LogP contribution in [0.2, 0.25) is 0 Å². The summed E-state index contributed by atoms with van der Waals surface area (Å²) in [6, 6.07) is 10.6. The maximum atomic E-state index is 9.12. The SMILES string of the molecule is NC(c1ccc(O)cc1)c1ccc[nH]1. The van der Waals surface area contributed by atoms with Gasteiger partial charge in [-0.3, -0.25) is 0 Å². The zero-order valence-corrected chi connectivity index (χ0v) is 7.64. The molecule has 0 aliphatic rings. The smallest absolute Gasteiger partial charge is 0.115 e. The molecular weight excluding hydrogens is 176 g/mol. The first-order chi connectivity index (χ1) is 6.77. The van der Waals surface area contributed by atoms with Crippen molar-refractivity contribution < 1.29 is 5.11 Å². The largest absolute Gasteiger partial charge is 0.508 e. The standard InChI is InChI=1S/C11H12N2O/c12-11(10-2-1-7-13-10)8-3-5-9(14)6-4-8/h1-7,11,13-14H,12H2. The molecule has 1 aromatic carbocycles. The van der Waals surface area contributed by atoms with Gasteiger partial charge in [0.25, 0.3) is 0 Å². The number of aromatic nitrogens is 1. The minimum absolute atomic E-state index is 0.161. The first kappa shape index (κ1) is 8.84. The van der Waals surface area contributed by atoms with E-state index in [1.807, 2.05) is 30.5 Å². The molecule has 4 N–H and O–H groups in total. The van der Waals surface area contributed by atoms with E-state index in [-0.39, 0.29) is 11.8 Å². The van der Waals surface area contributed by atoms with Crippen LogP contribution in [0.3, 0.4) is 0 Å². The van der Waals surface area contributed by atoms with Gasteiger partial charge in [0, 0.05) is 11.9 Å². The maximum absolute atomic E-state index is 9.12. The third-order valence-corrected chi connectivity index (χ3v) is 2.21. The van der Waals surface area contributed by atoms with Crippen molar-refractivity contribution in [1.29, 1.82) is 0 Å². The second-order valence-electron chi connectivity index (χ2n) is 3.19. The van der Waals surface area contributed by atoms with Crippen LogP contribution in [0, 0.1) is 0 Å². The van der Waals surface area contributed by atoms with Gasteiger partial charge in [-0.25, -0.2) is 0 Å². The number of rotatable bonds is 2. The lowest BCUT2D eigenvalue weighted by molar-refractivity contribution is 0.475. The van der Waals surface area contributed by atoms with Crippen molar-refractivity contribution in [2.75, 3.05) is 0 Å². The lowest BCUT2D eigenvalue weighted by atomic mass is 10.1. The Balaban J connectivity index is 2.28. The Labute approximate surface area is 82.2 Å². The average Bonchev–Trinajstić information content (AvgIpc) is 2.71. The summed E-state index contributed by atoms with van der Waals surface area (Å²) in [6.45, 7) is 0. The molecule has 0 spiro atoms. The number of phenols is 1. The lowest BCUT2D eigenvalue weighted by Gasteiger charge is -2.09. The molecule has 1 heterocycles. The molecule has 0 saturated carbocycles. The highest BCUT2D eigenvalue weighted by Crippen LogP contribution is 2.19. The van der Waals surface area contributed by atoms with Crippen LogP contribution in [0.5, 0.6) is 5.75 Å². The zero-order valence-electron chi connectivity index (χ0n) is 7.64. The summed E-state index contributed by atoms with van der Waals surface area (Å²) >= 11 is 0. The van der Waals surface area contributed by atoms with E-state index in [1.165, 1.54) is 0 Å². The molecule has 0 fully saturated rings. The Morgan fingerprint density at radius 3 is 2.43 bits per heavy atom. The second-order valence-corrected chi connectivity index (χ2v) is 3.19. The summed E-state index contributed by atoms with van der Waals surface area (Å²) in [4.78, 5) is 3.06. The van der Waals surface area contributed by atoms with Gasteiger partial charge in [0.1, 0.15) is 5.75 Å². The van der Waals surface area contributed by atoms with Crippen molar-refractivity contribution in [1.82, 2.24) is 4.98 Å². The van der Waals surface area contributed by atoms with E-state index in [0.29, 0.717) is 0 Å². The fourth-order valence-corrected chi connectivity index (χ4v) is 1.40. The van der Waals surface area contributed by atoms with Crippen LogP contribution in [-0.4, -0.2) is 10.1 Å². The van der Waals surface area contributed by atoms with E-state index in [2.05, 4.69) is 4.98 Å². The summed E-state index contributed by atoms with van der Waals surface area (Å²) < 4.78 is 0. The molecule has 72 valence electrons. The van der Waals surface area contributed by atoms with E-state index in [0.717, 1.165) is 11.3 Å². The zero-order chi connectivity index (χ0) is 9.97. The molecule has 3 heteroatoms. The number of aromatic hydroxyl groups is 1. The second kappa shape index (κ2) is 3.55. The average molecular weight is 188 g/mol. The molecule has 2 aromatic rings. The van der Waals surface area contributed by atoms with Gasteiger partial charge in [0.05, 0.1) is 6.04 Å². The van der Waals surface area contributed by atoms with Gasteiger partial charge in [0.2, 0.25) is 0 Å². The monoisotopic (exact) mass is 188 g/mol. The van der Waals surface area contributed by atoms with Gasteiger partial charge in [-0.15, -0.1) is 0 Å². The Morgan fingerprint density at radius 1 is 1.14 bits per heavy atom. The summed E-state index contributed by atoms with van der Waals surface area (Å²) in [5.41, 5.74) is 7.94. The van der Waals surface area contributed by atoms with E-state index >= 15 is 0 Å². The van der Waals surface area contributed by atoms with Gasteiger partial charge in [0.15, 0.2) is 0 Å². The molecule has 1 aromatic heterocycles. The minimum Gasteiger partial charge on any atom is -0.508 e. The quantitative estimate of drug-likeness (QED) is 0.672. The van der Waals surface area contributed by atoms with Crippen LogP contribution in [0.4, 0.5) is 0 Å². The molecule has 14 heavy (non-hydrogen) atoms. The molecular formula is C11H12N2O. The molecule has 0 amide bonds. The van der Waals surface area contributed by atoms with Crippen molar-refractivity contribution in [3.05, 3.63) is 53.9 Å². The van der Waals surface area contributed by atoms with Crippen molar-refractivity contribution in [2.45, 2.75) is 6.04 Å². The van der Waals surface area contributed by atoms with Crippen LogP contribution in [0.15, 0.2) is 42.6 Å². The molecule has 0 aliphatic carbocycles. The number of hydrogen-bond donors (Lipinski definition) is 3. The van der Waals surface area contributed by atoms with E-state index in [9.17, 15) is 0 Å². The molecule has 0 aliphatic heterocycles. The summed E-state index contributed by atoms with van der Waals surface area (Å²) in [7, 11) is 0. The number of H-pyrrole nitrogens is 1. The molecule has 0 saturated heterocycles. The van der Waals surface area contributed by atoms with Gasteiger partial charge in [-0.2, -0.15) is 0 Å². The van der Waals surface area contributed by atoms with Crippen LogP contribution in [0.1, 0.15) is 17.3 Å². The van der Waals surface area contributed by atoms with E-state index in [1.54, 1.807) is 12.1 Å². The third-order valence-electron chi connectivity index (χ3n) is 2.21. The van der Waals surface area contributed by atoms with Crippen molar-refractivity contribution in [3.8, 4) is 5.75 Å². The van der Waals surface area contributed by atoms with Crippen molar-refractivity contribution >= 4 is 0 Å². The van der Waals surface area contributed by atoms with Crippen LogP contribution in [-0.2, 0) is 0 Å². The highest BCUT2D eigenvalue weighted by molar-refractivity contribution is 5.32. The number of nitrogens with one attached hydrogen (secondary N) is 1. The normalized spacial score (nSPS) is 12.6. The van der Waals surface area contributed by atoms with Crippen LogP contribution < -0.4 is 5.73 Å². The first-order valence-corrected chi connectivity index (χ1v) is 4.45. The van der Waals surface area contributed by atoms with E-state index in [4.69, 9.17) is 10.8 Å². The molecule has 1 unspecified atom stereocenters.